The lowest BCUT2D eigenvalue weighted by atomic mass is 10.0. The van der Waals surface area contributed by atoms with Gasteiger partial charge in [0.1, 0.15) is 34.4 Å². The number of furan rings is 1. The molecule has 2 N–H and O–H groups in total. The highest BCUT2D eigenvalue weighted by atomic mass is 32.2. The summed E-state index contributed by atoms with van der Waals surface area (Å²) >= 11 is 0. The lowest BCUT2D eigenvalue weighted by molar-refractivity contribution is 0.0963. The number of hydrogen-bond acceptors (Lipinski definition) is 7. The van der Waals surface area contributed by atoms with Crippen molar-refractivity contribution >= 4 is 43.5 Å². The molecular formula is C35H31F2N5O5S. The number of carbonyl (C=O) groups excluding carboxylic acids is 1. The highest BCUT2D eigenvalue weighted by Crippen LogP contribution is 2.45. The Morgan fingerprint density at radius 2 is 1.79 bits per heavy atom. The summed E-state index contributed by atoms with van der Waals surface area (Å²) in [6, 6.07) is 18.7. The molecule has 4 heterocycles. The van der Waals surface area contributed by atoms with Gasteiger partial charge in [0.15, 0.2) is 6.23 Å². The van der Waals surface area contributed by atoms with Gasteiger partial charge in [0, 0.05) is 35.0 Å². The molecule has 0 bridgehead atoms. The van der Waals surface area contributed by atoms with E-state index in [0.29, 0.717) is 56.8 Å². The molecule has 10 nitrogen and oxygen atoms in total. The number of sulfonamides is 1. The molecule has 0 saturated carbocycles. The number of pyridine rings is 1. The van der Waals surface area contributed by atoms with Crippen LogP contribution in [0.4, 0.5) is 14.5 Å². The molecule has 48 heavy (non-hydrogen) atoms. The number of hydrogen-bond donors (Lipinski definition) is 2. The third kappa shape index (κ3) is 5.34. The molecular weight excluding hydrogens is 640 g/mol. The van der Waals surface area contributed by atoms with E-state index in [2.05, 4.69) is 10.0 Å². The zero-order valence-electron chi connectivity index (χ0n) is 26.5. The number of rotatable bonds is 8. The minimum atomic E-state index is -3.78. The zero-order valence-corrected chi connectivity index (χ0v) is 27.3. The molecule has 3 aromatic carbocycles. The van der Waals surface area contributed by atoms with Crippen LogP contribution in [0.2, 0.25) is 0 Å². The molecule has 1 unspecified atom stereocenters. The molecule has 1 aliphatic rings. The summed E-state index contributed by atoms with van der Waals surface area (Å²) in [4.78, 5) is 20.2. The van der Waals surface area contributed by atoms with Crippen LogP contribution in [-0.2, 0) is 10.0 Å². The second-order valence-corrected chi connectivity index (χ2v) is 13.8. The predicted octanol–water partition coefficient (Wildman–Crippen LogP) is 6.64. The number of likely N-dealkylation sites (N-methyl/N-ethyl adjacent to an activating group) is 1. The van der Waals surface area contributed by atoms with E-state index in [4.69, 9.17) is 14.1 Å². The predicted molar refractivity (Wildman–Crippen MR) is 180 cm³/mol. The number of halogens is 2. The second-order valence-electron chi connectivity index (χ2n) is 11.7. The first-order valence-electron chi connectivity index (χ1n) is 15.2. The zero-order chi connectivity index (χ0) is 33.9. The summed E-state index contributed by atoms with van der Waals surface area (Å²) in [6.45, 7) is 2.02. The Balaban J connectivity index is 1.47. The molecule has 7 rings (SSSR count). The molecule has 246 valence electrons. The van der Waals surface area contributed by atoms with Crippen molar-refractivity contribution in [2.24, 2.45) is 0 Å². The number of ether oxygens (including phenoxy) is 1. The number of aromatic nitrogens is 2. The number of nitrogens with one attached hydrogen (secondary N) is 2. The molecule has 0 radical (unpaired) electrons. The molecule has 13 heteroatoms. The van der Waals surface area contributed by atoms with Crippen molar-refractivity contribution in [2.75, 3.05) is 38.2 Å². The van der Waals surface area contributed by atoms with Gasteiger partial charge in [0.25, 0.3) is 5.91 Å². The number of amides is 1. The minimum absolute atomic E-state index is 0.175. The van der Waals surface area contributed by atoms with E-state index < -0.39 is 28.0 Å². The number of carbonyl (C=O) groups is 1. The van der Waals surface area contributed by atoms with Gasteiger partial charge in [-0.2, -0.15) is 0 Å². The molecule has 1 aliphatic heterocycles. The fourth-order valence-electron chi connectivity index (χ4n) is 6.05. The summed E-state index contributed by atoms with van der Waals surface area (Å²) in [6.07, 6.45) is -0.469. The Hall–Kier alpha value is -5.27. The van der Waals surface area contributed by atoms with E-state index in [1.807, 2.05) is 29.6 Å². The van der Waals surface area contributed by atoms with Gasteiger partial charge in [-0.25, -0.2) is 22.2 Å². The Bertz CT molecular complexity index is 2350. The van der Waals surface area contributed by atoms with E-state index in [-0.39, 0.29) is 34.2 Å². The van der Waals surface area contributed by atoms with Crippen LogP contribution in [0.25, 0.3) is 55.8 Å². The highest BCUT2D eigenvalue weighted by Gasteiger charge is 2.31. The lowest BCUT2D eigenvalue weighted by Crippen LogP contribution is -2.31. The molecule has 0 fully saturated rings. The number of anilines is 1. The van der Waals surface area contributed by atoms with Gasteiger partial charge in [0.2, 0.25) is 10.0 Å². The van der Waals surface area contributed by atoms with Gasteiger partial charge < -0.3 is 23.9 Å². The first-order valence-corrected chi connectivity index (χ1v) is 16.8. The third-order valence-corrected chi connectivity index (χ3v) is 9.60. The molecule has 6 aromatic rings. The van der Waals surface area contributed by atoms with Crippen LogP contribution < -0.4 is 14.8 Å². The average molecular weight is 672 g/mol. The highest BCUT2D eigenvalue weighted by molar-refractivity contribution is 7.92. The SMILES string of the molecule is CCS(=O)(=O)Nc1cc2oc(-c3ccc(F)cc3)c(C(=O)NC)c2cc1-c1ccc2c(n1)-c1cc3c(F)cccc3n1C(CN(C)C)O2. The third-order valence-electron chi connectivity index (χ3n) is 8.31. The molecule has 1 atom stereocenters. The van der Waals surface area contributed by atoms with Crippen LogP contribution in [0.5, 0.6) is 5.75 Å². The summed E-state index contributed by atoms with van der Waals surface area (Å²) in [7, 11) is 1.55. The van der Waals surface area contributed by atoms with Gasteiger partial charge in [-0.05, 0) is 81.7 Å². The van der Waals surface area contributed by atoms with Crippen molar-refractivity contribution in [1.29, 1.82) is 0 Å². The Kier molecular flexibility index (Phi) is 7.68. The van der Waals surface area contributed by atoms with Crippen molar-refractivity contribution in [3.05, 3.63) is 90.0 Å². The molecule has 3 aromatic heterocycles. The normalized spacial score (nSPS) is 14.2. The van der Waals surface area contributed by atoms with Gasteiger partial charge >= 0.3 is 0 Å². The quantitative estimate of drug-likeness (QED) is 0.186. The number of fused-ring (bicyclic) bond motifs is 6. The Morgan fingerprint density at radius 1 is 1.02 bits per heavy atom. The maximum absolute atomic E-state index is 15.0. The monoisotopic (exact) mass is 671 g/mol. The lowest BCUT2D eigenvalue weighted by Gasteiger charge is -2.31. The van der Waals surface area contributed by atoms with E-state index >= 15 is 4.39 Å². The van der Waals surface area contributed by atoms with Crippen LogP contribution in [0.3, 0.4) is 0 Å². The molecule has 1 amide bonds. The fraction of sp³-hybridized carbons (Fsp3) is 0.200. The van der Waals surface area contributed by atoms with Crippen molar-refractivity contribution in [2.45, 2.75) is 13.2 Å². The van der Waals surface area contributed by atoms with Crippen LogP contribution in [0.15, 0.2) is 77.2 Å². The van der Waals surface area contributed by atoms with Gasteiger partial charge in [-0.1, -0.05) is 6.07 Å². The van der Waals surface area contributed by atoms with Crippen molar-refractivity contribution in [3.8, 4) is 39.7 Å². The van der Waals surface area contributed by atoms with E-state index in [1.165, 1.54) is 50.4 Å². The Labute approximate surface area is 275 Å². The van der Waals surface area contributed by atoms with E-state index in [0.717, 1.165) is 0 Å². The van der Waals surface area contributed by atoms with Gasteiger partial charge in [-0.15, -0.1) is 0 Å². The van der Waals surface area contributed by atoms with Crippen molar-refractivity contribution in [3.63, 3.8) is 0 Å². The summed E-state index contributed by atoms with van der Waals surface area (Å²) < 4.78 is 71.7. The van der Waals surface area contributed by atoms with Crippen LogP contribution in [0.1, 0.15) is 23.5 Å². The number of nitrogens with zero attached hydrogens (tertiary/aromatic N) is 3. The summed E-state index contributed by atoms with van der Waals surface area (Å²) in [5.74, 6) is -0.811. The largest absolute Gasteiger partial charge is 0.466 e. The van der Waals surface area contributed by atoms with Crippen molar-refractivity contribution in [1.82, 2.24) is 19.8 Å². The molecule has 0 saturated heterocycles. The first kappa shape index (κ1) is 31.3. The summed E-state index contributed by atoms with van der Waals surface area (Å²) in [5.41, 5.74) is 3.50. The minimum Gasteiger partial charge on any atom is -0.466 e. The van der Waals surface area contributed by atoms with E-state index in [1.54, 1.807) is 30.3 Å². The van der Waals surface area contributed by atoms with Gasteiger partial charge in [-0.3, -0.25) is 9.52 Å². The summed E-state index contributed by atoms with van der Waals surface area (Å²) in [5, 5.41) is 3.44. The maximum atomic E-state index is 15.0. The standard InChI is InChI=1S/C35H31F2N5O5S/c1-5-48(44,45)40-26-17-30-23(32(35(43)38-2)34(47-30)19-9-11-20(36)12-10-19)15-22(26)25-13-14-29-33(39-25)28-16-21-24(37)7-6-8-27(21)42(28)31(46-29)18-41(3)4/h6-17,31,40H,5,18H2,1-4H3,(H,38,43). The van der Waals surface area contributed by atoms with Crippen LogP contribution >= 0.6 is 0 Å². The first-order chi connectivity index (χ1) is 23.0. The smallest absolute Gasteiger partial charge is 0.255 e. The molecule has 0 spiro atoms. The molecule has 0 aliphatic carbocycles. The average Bonchev–Trinajstić information content (AvgIpc) is 3.64. The fourth-order valence-corrected chi connectivity index (χ4v) is 6.70. The second kappa shape index (κ2) is 11.8. The van der Waals surface area contributed by atoms with Crippen LogP contribution in [-0.4, -0.2) is 62.2 Å². The number of benzene rings is 3. The Morgan fingerprint density at radius 3 is 2.50 bits per heavy atom. The van der Waals surface area contributed by atoms with Gasteiger partial charge in [0.05, 0.1) is 40.5 Å². The van der Waals surface area contributed by atoms with Crippen molar-refractivity contribution < 1.29 is 31.1 Å². The topological polar surface area (TPSA) is 119 Å². The maximum Gasteiger partial charge on any atom is 0.255 e. The van der Waals surface area contributed by atoms with Crippen LogP contribution in [0, 0.1) is 11.6 Å². The van der Waals surface area contributed by atoms with E-state index in [9.17, 15) is 17.6 Å².